The van der Waals surface area contributed by atoms with Crippen LogP contribution in [-0.4, -0.2) is 29.5 Å². The number of nitrogens with two attached hydrogens (primary N) is 1. The van der Waals surface area contributed by atoms with Gasteiger partial charge in [0.2, 0.25) is 5.95 Å². The Morgan fingerprint density at radius 2 is 1.62 bits per heavy atom. The zero-order chi connectivity index (χ0) is 20.6. The summed E-state index contributed by atoms with van der Waals surface area (Å²) in [5, 5.41) is 0. The number of halogens is 3. The SMILES string of the molecule is Cc1cc(-c2ccc(C(F)(F)F)nc2)nc(-n2cnc(-c3ccc(N)nc3)c2)n1. The summed E-state index contributed by atoms with van der Waals surface area (Å²) >= 11 is 0. The first-order valence-corrected chi connectivity index (χ1v) is 8.45. The highest BCUT2D eigenvalue weighted by molar-refractivity contribution is 5.60. The fourth-order valence-electron chi connectivity index (χ4n) is 2.67. The molecular formula is C19H14F3N7. The Kier molecular flexibility index (Phi) is 4.45. The molecule has 10 heteroatoms. The molecule has 0 spiro atoms. The number of aromatic nitrogens is 6. The molecule has 4 heterocycles. The van der Waals surface area contributed by atoms with Gasteiger partial charge >= 0.3 is 6.18 Å². The monoisotopic (exact) mass is 397 g/mol. The Morgan fingerprint density at radius 3 is 2.28 bits per heavy atom. The third-order valence-electron chi connectivity index (χ3n) is 4.09. The van der Waals surface area contributed by atoms with E-state index in [4.69, 9.17) is 5.73 Å². The van der Waals surface area contributed by atoms with Gasteiger partial charge in [0.05, 0.1) is 11.4 Å². The lowest BCUT2D eigenvalue weighted by molar-refractivity contribution is -0.141. The topological polar surface area (TPSA) is 95.4 Å². The molecular weight excluding hydrogens is 383 g/mol. The second-order valence-electron chi connectivity index (χ2n) is 6.26. The Morgan fingerprint density at radius 1 is 0.897 bits per heavy atom. The summed E-state index contributed by atoms with van der Waals surface area (Å²) < 4.78 is 39.8. The van der Waals surface area contributed by atoms with Crippen molar-refractivity contribution in [3.8, 4) is 28.5 Å². The Hall–Kier alpha value is -3.82. The number of hydrogen-bond donors (Lipinski definition) is 1. The summed E-state index contributed by atoms with van der Waals surface area (Å²) in [5.41, 5.74) is 7.63. The third-order valence-corrected chi connectivity index (χ3v) is 4.09. The van der Waals surface area contributed by atoms with Crippen LogP contribution < -0.4 is 5.73 Å². The van der Waals surface area contributed by atoms with Crippen molar-refractivity contribution in [3.05, 3.63) is 66.6 Å². The molecule has 0 radical (unpaired) electrons. The summed E-state index contributed by atoms with van der Waals surface area (Å²) in [4.78, 5) is 20.7. The van der Waals surface area contributed by atoms with Crippen LogP contribution in [0.25, 0.3) is 28.5 Å². The van der Waals surface area contributed by atoms with Crippen LogP contribution >= 0.6 is 0 Å². The predicted molar refractivity (Wildman–Crippen MR) is 99.8 cm³/mol. The van der Waals surface area contributed by atoms with E-state index in [2.05, 4.69) is 24.9 Å². The Bertz CT molecular complexity index is 1150. The van der Waals surface area contributed by atoms with Crippen molar-refractivity contribution in [3.63, 3.8) is 0 Å². The van der Waals surface area contributed by atoms with E-state index in [1.165, 1.54) is 6.07 Å². The van der Waals surface area contributed by atoms with E-state index in [1.54, 1.807) is 48.4 Å². The molecule has 4 aromatic heterocycles. The normalized spacial score (nSPS) is 11.6. The van der Waals surface area contributed by atoms with Crippen LogP contribution in [0, 0.1) is 6.92 Å². The molecule has 2 N–H and O–H groups in total. The molecule has 4 aromatic rings. The molecule has 0 saturated carbocycles. The highest BCUT2D eigenvalue weighted by Crippen LogP contribution is 2.29. The van der Waals surface area contributed by atoms with Crippen LogP contribution in [0.5, 0.6) is 0 Å². The van der Waals surface area contributed by atoms with Gasteiger partial charge in [0.15, 0.2) is 0 Å². The molecule has 0 aliphatic rings. The summed E-state index contributed by atoms with van der Waals surface area (Å²) in [6.07, 6.45) is 1.55. The highest BCUT2D eigenvalue weighted by Gasteiger charge is 2.32. The van der Waals surface area contributed by atoms with Crippen LogP contribution in [0.1, 0.15) is 11.4 Å². The van der Waals surface area contributed by atoms with E-state index < -0.39 is 11.9 Å². The molecule has 29 heavy (non-hydrogen) atoms. The molecule has 0 aliphatic heterocycles. The van der Waals surface area contributed by atoms with Crippen molar-refractivity contribution in [2.75, 3.05) is 5.73 Å². The molecule has 0 saturated heterocycles. The van der Waals surface area contributed by atoms with E-state index >= 15 is 0 Å². The summed E-state index contributed by atoms with van der Waals surface area (Å²) in [5.74, 6) is 0.743. The molecule has 0 aromatic carbocycles. The summed E-state index contributed by atoms with van der Waals surface area (Å²) in [6, 6.07) is 7.41. The summed E-state index contributed by atoms with van der Waals surface area (Å²) in [6.45, 7) is 1.77. The van der Waals surface area contributed by atoms with Gasteiger partial charge in [-0.15, -0.1) is 0 Å². The molecule has 0 atom stereocenters. The lowest BCUT2D eigenvalue weighted by atomic mass is 10.1. The number of nitrogen functional groups attached to an aromatic ring is 1. The quantitative estimate of drug-likeness (QED) is 0.566. The van der Waals surface area contributed by atoms with E-state index in [9.17, 15) is 13.2 Å². The van der Waals surface area contributed by atoms with Crippen LogP contribution in [-0.2, 0) is 6.18 Å². The molecule has 7 nitrogen and oxygen atoms in total. The van der Waals surface area contributed by atoms with Crippen molar-refractivity contribution < 1.29 is 13.2 Å². The number of anilines is 1. The lowest BCUT2D eigenvalue weighted by Crippen LogP contribution is -2.07. The number of aryl methyl sites for hydroxylation is 1. The molecule has 4 rings (SSSR count). The van der Waals surface area contributed by atoms with Gasteiger partial charge in [-0.05, 0) is 37.3 Å². The van der Waals surface area contributed by atoms with Crippen LogP contribution in [0.3, 0.4) is 0 Å². The van der Waals surface area contributed by atoms with Gasteiger partial charge in [-0.2, -0.15) is 13.2 Å². The van der Waals surface area contributed by atoms with E-state index in [0.29, 0.717) is 34.4 Å². The fourth-order valence-corrected chi connectivity index (χ4v) is 2.67. The molecule has 0 bridgehead atoms. The van der Waals surface area contributed by atoms with Gasteiger partial charge in [-0.3, -0.25) is 9.55 Å². The van der Waals surface area contributed by atoms with Gasteiger partial charge in [-0.1, -0.05) is 0 Å². The number of imidazole rings is 1. The van der Waals surface area contributed by atoms with Gasteiger partial charge in [0.1, 0.15) is 17.8 Å². The fraction of sp³-hybridized carbons (Fsp3) is 0.105. The molecule has 0 aliphatic carbocycles. The minimum absolute atomic E-state index is 0.335. The largest absolute Gasteiger partial charge is 0.433 e. The first-order chi connectivity index (χ1) is 13.8. The van der Waals surface area contributed by atoms with Crippen molar-refractivity contribution in [2.24, 2.45) is 0 Å². The van der Waals surface area contributed by atoms with Crippen molar-refractivity contribution in [1.29, 1.82) is 0 Å². The third kappa shape index (κ3) is 3.91. The molecule has 0 amide bonds. The predicted octanol–water partition coefficient (Wildman–Crippen LogP) is 3.70. The minimum atomic E-state index is -4.49. The second kappa shape index (κ2) is 6.97. The first-order valence-electron chi connectivity index (χ1n) is 8.45. The Balaban J connectivity index is 1.68. The lowest BCUT2D eigenvalue weighted by Gasteiger charge is -2.08. The van der Waals surface area contributed by atoms with Crippen LogP contribution in [0.2, 0.25) is 0 Å². The average molecular weight is 397 g/mol. The van der Waals surface area contributed by atoms with E-state index in [-0.39, 0.29) is 0 Å². The van der Waals surface area contributed by atoms with Gasteiger partial charge in [0, 0.05) is 35.4 Å². The van der Waals surface area contributed by atoms with Crippen molar-refractivity contribution >= 4 is 5.82 Å². The molecule has 146 valence electrons. The van der Waals surface area contributed by atoms with Crippen LogP contribution in [0.15, 0.2) is 55.2 Å². The maximum atomic E-state index is 12.7. The highest BCUT2D eigenvalue weighted by atomic mass is 19.4. The number of nitrogens with zero attached hydrogens (tertiary/aromatic N) is 6. The molecule has 0 fully saturated rings. The number of rotatable bonds is 3. The number of alkyl halides is 3. The van der Waals surface area contributed by atoms with Gasteiger partial charge < -0.3 is 5.73 Å². The van der Waals surface area contributed by atoms with Crippen molar-refractivity contribution in [2.45, 2.75) is 13.1 Å². The summed E-state index contributed by atoms with van der Waals surface area (Å²) in [7, 11) is 0. The zero-order valence-corrected chi connectivity index (χ0v) is 15.1. The minimum Gasteiger partial charge on any atom is -0.384 e. The van der Waals surface area contributed by atoms with Gasteiger partial charge in [-0.25, -0.2) is 19.9 Å². The molecule has 0 unspecified atom stereocenters. The number of pyridine rings is 2. The number of hydrogen-bond acceptors (Lipinski definition) is 6. The average Bonchev–Trinajstić information content (AvgIpc) is 3.18. The van der Waals surface area contributed by atoms with Crippen molar-refractivity contribution in [1.82, 2.24) is 29.5 Å². The smallest absolute Gasteiger partial charge is 0.384 e. The van der Waals surface area contributed by atoms with Crippen LogP contribution in [0.4, 0.5) is 19.0 Å². The van der Waals surface area contributed by atoms with E-state index in [0.717, 1.165) is 17.8 Å². The maximum absolute atomic E-state index is 12.7. The van der Waals surface area contributed by atoms with E-state index in [1.807, 2.05) is 0 Å². The second-order valence-corrected chi connectivity index (χ2v) is 6.26. The van der Waals surface area contributed by atoms with Gasteiger partial charge in [0.25, 0.3) is 0 Å². The standard InChI is InChI=1S/C19H14F3N7/c1-11-6-14(12-2-4-16(24-7-12)19(20,21)22)28-18(27-11)29-9-15(26-10-29)13-3-5-17(23)25-8-13/h2-10H,1H3,(H2,23,25). The Labute approximate surface area is 163 Å². The maximum Gasteiger partial charge on any atom is 0.433 e. The first kappa shape index (κ1) is 18.5. The zero-order valence-electron chi connectivity index (χ0n) is 15.1.